The lowest BCUT2D eigenvalue weighted by Gasteiger charge is -2.17. The maximum absolute atomic E-state index is 9.58. The Hall–Kier alpha value is -1.06. The van der Waals surface area contributed by atoms with Gasteiger partial charge in [-0.1, -0.05) is 19.1 Å². The summed E-state index contributed by atoms with van der Waals surface area (Å²) >= 11 is 0. The Labute approximate surface area is 84.5 Å². The third-order valence-electron chi connectivity index (χ3n) is 2.31. The number of hydrogen-bond acceptors (Lipinski definition) is 3. The van der Waals surface area contributed by atoms with E-state index in [1.54, 1.807) is 7.11 Å². The monoisotopic (exact) mass is 195 g/mol. The summed E-state index contributed by atoms with van der Waals surface area (Å²) in [5, 5.41) is 9.58. The van der Waals surface area contributed by atoms with E-state index in [4.69, 9.17) is 10.5 Å². The van der Waals surface area contributed by atoms with Gasteiger partial charge in [0.15, 0.2) is 0 Å². The topological polar surface area (TPSA) is 55.5 Å². The molecule has 3 heteroatoms. The molecule has 0 aliphatic rings. The number of benzene rings is 1. The maximum Gasteiger partial charge on any atom is 0.119 e. The van der Waals surface area contributed by atoms with Crippen molar-refractivity contribution in [1.29, 1.82) is 0 Å². The number of rotatable bonds is 4. The lowest BCUT2D eigenvalue weighted by Crippen LogP contribution is -2.25. The summed E-state index contributed by atoms with van der Waals surface area (Å²) in [7, 11) is 1.61. The van der Waals surface area contributed by atoms with Crippen LogP contribution in [-0.4, -0.2) is 18.3 Å². The Balaban J connectivity index is 2.83. The third-order valence-corrected chi connectivity index (χ3v) is 2.31. The molecule has 0 bridgehead atoms. The number of methoxy groups -OCH3 is 1. The molecule has 0 aliphatic heterocycles. The van der Waals surface area contributed by atoms with Crippen LogP contribution in [0.5, 0.6) is 5.75 Å². The van der Waals surface area contributed by atoms with Gasteiger partial charge < -0.3 is 15.6 Å². The van der Waals surface area contributed by atoms with Gasteiger partial charge in [0.25, 0.3) is 0 Å². The second kappa shape index (κ2) is 4.98. The van der Waals surface area contributed by atoms with E-state index >= 15 is 0 Å². The summed E-state index contributed by atoms with van der Waals surface area (Å²) in [5.41, 5.74) is 6.77. The first-order valence-electron chi connectivity index (χ1n) is 4.76. The van der Waals surface area contributed by atoms with Gasteiger partial charge in [0, 0.05) is 0 Å². The third kappa shape index (κ3) is 2.47. The second-order valence-electron chi connectivity index (χ2n) is 3.28. The molecule has 0 unspecified atom stereocenters. The van der Waals surface area contributed by atoms with Crippen LogP contribution in [0.3, 0.4) is 0 Å². The molecule has 1 aromatic rings. The SMILES string of the molecule is CC[C@H](O)[C@H](N)c1cccc(OC)c1. The highest BCUT2D eigenvalue weighted by Crippen LogP contribution is 2.20. The fourth-order valence-corrected chi connectivity index (χ4v) is 1.32. The molecule has 1 rings (SSSR count). The van der Waals surface area contributed by atoms with Gasteiger partial charge in [-0.2, -0.15) is 0 Å². The second-order valence-corrected chi connectivity index (χ2v) is 3.28. The van der Waals surface area contributed by atoms with Gasteiger partial charge >= 0.3 is 0 Å². The van der Waals surface area contributed by atoms with Crippen molar-refractivity contribution in [3.05, 3.63) is 29.8 Å². The number of hydrogen-bond donors (Lipinski definition) is 2. The highest BCUT2D eigenvalue weighted by atomic mass is 16.5. The molecule has 0 amide bonds. The van der Waals surface area contributed by atoms with E-state index in [2.05, 4.69) is 0 Å². The van der Waals surface area contributed by atoms with E-state index in [1.165, 1.54) is 0 Å². The molecule has 3 N–H and O–H groups in total. The molecule has 0 saturated heterocycles. The predicted molar refractivity (Wildman–Crippen MR) is 56.2 cm³/mol. The molecule has 0 fully saturated rings. The standard InChI is InChI=1S/C11H17NO2/c1-3-10(13)11(12)8-5-4-6-9(7-8)14-2/h4-7,10-11,13H,3,12H2,1-2H3/t10-,11+/m0/s1. The largest absolute Gasteiger partial charge is 0.497 e. The van der Waals surface area contributed by atoms with Crippen LogP contribution in [0.1, 0.15) is 24.9 Å². The summed E-state index contributed by atoms with van der Waals surface area (Å²) in [5.74, 6) is 0.765. The van der Waals surface area contributed by atoms with Crippen LogP contribution in [0.15, 0.2) is 24.3 Å². The quantitative estimate of drug-likeness (QED) is 0.764. The Morgan fingerprint density at radius 1 is 1.50 bits per heavy atom. The number of ether oxygens (including phenoxy) is 1. The van der Waals surface area contributed by atoms with Gasteiger partial charge in [-0.05, 0) is 24.1 Å². The van der Waals surface area contributed by atoms with Crippen molar-refractivity contribution in [3.63, 3.8) is 0 Å². The molecule has 0 radical (unpaired) electrons. The van der Waals surface area contributed by atoms with Crippen molar-refractivity contribution in [2.75, 3.05) is 7.11 Å². The molecular formula is C11H17NO2. The van der Waals surface area contributed by atoms with Crippen LogP contribution in [0, 0.1) is 0 Å². The number of nitrogens with two attached hydrogens (primary N) is 1. The fourth-order valence-electron chi connectivity index (χ4n) is 1.32. The van der Waals surface area contributed by atoms with Gasteiger partial charge in [0.05, 0.1) is 19.3 Å². The summed E-state index contributed by atoms with van der Waals surface area (Å²) < 4.78 is 5.08. The van der Waals surface area contributed by atoms with Crippen molar-refractivity contribution in [3.8, 4) is 5.75 Å². The van der Waals surface area contributed by atoms with Crippen LogP contribution < -0.4 is 10.5 Å². The van der Waals surface area contributed by atoms with Crippen molar-refractivity contribution in [2.45, 2.75) is 25.5 Å². The molecule has 0 saturated carbocycles. The van der Waals surface area contributed by atoms with Gasteiger partial charge in [-0.15, -0.1) is 0 Å². The molecule has 2 atom stereocenters. The molecule has 1 aromatic carbocycles. The van der Waals surface area contributed by atoms with Crippen LogP contribution >= 0.6 is 0 Å². The lowest BCUT2D eigenvalue weighted by molar-refractivity contribution is 0.140. The summed E-state index contributed by atoms with van der Waals surface area (Å²) in [6, 6.07) is 7.13. The zero-order valence-corrected chi connectivity index (χ0v) is 8.60. The van der Waals surface area contributed by atoms with E-state index in [0.29, 0.717) is 6.42 Å². The van der Waals surface area contributed by atoms with E-state index in [9.17, 15) is 5.11 Å². The Morgan fingerprint density at radius 2 is 2.21 bits per heavy atom. The highest BCUT2D eigenvalue weighted by molar-refractivity contribution is 5.30. The summed E-state index contributed by atoms with van der Waals surface area (Å²) in [6.45, 7) is 1.91. The fraction of sp³-hybridized carbons (Fsp3) is 0.455. The first-order chi connectivity index (χ1) is 6.69. The zero-order chi connectivity index (χ0) is 10.6. The van der Waals surface area contributed by atoms with Crippen molar-refractivity contribution in [1.82, 2.24) is 0 Å². The summed E-state index contributed by atoms with van der Waals surface area (Å²) in [6.07, 6.45) is 0.153. The molecule has 0 aliphatic carbocycles. The van der Waals surface area contributed by atoms with E-state index < -0.39 is 6.10 Å². The van der Waals surface area contributed by atoms with E-state index in [1.807, 2.05) is 31.2 Å². The average molecular weight is 195 g/mol. The molecule has 0 spiro atoms. The van der Waals surface area contributed by atoms with E-state index in [-0.39, 0.29) is 6.04 Å². The number of aliphatic hydroxyl groups is 1. The molecule has 14 heavy (non-hydrogen) atoms. The molecular weight excluding hydrogens is 178 g/mol. The van der Waals surface area contributed by atoms with Gasteiger partial charge in [0.2, 0.25) is 0 Å². The maximum atomic E-state index is 9.58. The van der Waals surface area contributed by atoms with Crippen LogP contribution in [0.2, 0.25) is 0 Å². The smallest absolute Gasteiger partial charge is 0.119 e. The minimum atomic E-state index is -0.498. The van der Waals surface area contributed by atoms with Crippen LogP contribution in [-0.2, 0) is 0 Å². The predicted octanol–water partition coefficient (Wildman–Crippen LogP) is 1.47. The highest BCUT2D eigenvalue weighted by Gasteiger charge is 2.14. The van der Waals surface area contributed by atoms with Crippen LogP contribution in [0.25, 0.3) is 0 Å². The molecule has 78 valence electrons. The minimum absolute atomic E-state index is 0.338. The van der Waals surface area contributed by atoms with Crippen molar-refractivity contribution in [2.24, 2.45) is 5.73 Å². The van der Waals surface area contributed by atoms with Crippen LogP contribution in [0.4, 0.5) is 0 Å². The molecule has 0 heterocycles. The van der Waals surface area contributed by atoms with Crippen molar-refractivity contribution >= 4 is 0 Å². The first-order valence-corrected chi connectivity index (χ1v) is 4.76. The first kappa shape index (κ1) is 11.0. The summed E-state index contributed by atoms with van der Waals surface area (Å²) in [4.78, 5) is 0. The molecule has 0 aromatic heterocycles. The van der Waals surface area contributed by atoms with Crippen molar-refractivity contribution < 1.29 is 9.84 Å². The van der Waals surface area contributed by atoms with Gasteiger partial charge in [-0.25, -0.2) is 0 Å². The zero-order valence-electron chi connectivity index (χ0n) is 8.60. The molecule has 3 nitrogen and oxygen atoms in total. The average Bonchev–Trinajstić information content (AvgIpc) is 2.27. The van der Waals surface area contributed by atoms with Gasteiger partial charge in [0.1, 0.15) is 5.75 Å². The Kier molecular flexibility index (Phi) is 3.92. The minimum Gasteiger partial charge on any atom is -0.497 e. The van der Waals surface area contributed by atoms with Gasteiger partial charge in [-0.3, -0.25) is 0 Å². The van der Waals surface area contributed by atoms with E-state index in [0.717, 1.165) is 11.3 Å². The lowest BCUT2D eigenvalue weighted by atomic mass is 10.0. The number of aliphatic hydroxyl groups excluding tert-OH is 1. The normalized spacial score (nSPS) is 14.9. The Bertz CT molecular complexity index is 288. The Morgan fingerprint density at radius 3 is 2.79 bits per heavy atom.